The fourth-order valence-corrected chi connectivity index (χ4v) is 2.39. The summed E-state index contributed by atoms with van der Waals surface area (Å²) in [5.74, 6) is 1.54. The second-order valence-electron chi connectivity index (χ2n) is 7.47. The molecular weight excluding hydrogens is 326 g/mol. The Morgan fingerprint density at radius 1 is 1.19 bits per heavy atom. The second-order valence-corrected chi connectivity index (χ2v) is 8.38. The zero-order valence-corrected chi connectivity index (χ0v) is 15.9. The molecule has 0 spiro atoms. The third kappa shape index (κ3) is 6.84. The summed E-state index contributed by atoms with van der Waals surface area (Å²) < 4.78 is 6.96. The second kappa shape index (κ2) is 7.64. The van der Waals surface area contributed by atoms with Gasteiger partial charge in [0.15, 0.2) is 0 Å². The van der Waals surface area contributed by atoms with E-state index in [1.165, 1.54) is 0 Å². The molecule has 0 saturated carbocycles. The van der Waals surface area contributed by atoms with Crippen molar-refractivity contribution in [2.75, 3.05) is 13.2 Å². The number of nitrogens with one attached hydrogen (secondary N) is 1. The highest BCUT2D eigenvalue weighted by atomic mass is 79.9. The summed E-state index contributed by atoms with van der Waals surface area (Å²) in [6.07, 6.45) is 1.04. The average Bonchev–Trinajstić information content (AvgIpc) is 2.35. The third-order valence-electron chi connectivity index (χ3n) is 4.15. The van der Waals surface area contributed by atoms with Gasteiger partial charge >= 0.3 is 0 Å². The first-order valence-corrected chi connectivity index (χ1v) is 8.55. The summed E-state index contributed by atoms with van der Waals surface area (Å²) in [4.78, 5) is 0. The first-order valence-electron chi connectivity index (χ1n) is 7.76. The molecule has 0 heterocycles. The van der Waals surface area contributed by atoms with Crippen LogP contribution in [0, 0.1) is 11.3 Å². The monoisotopic (exact) mass is 355 g/mol. The van der Waals surface area contributed by atoms with Gasteiger partial charge < -0.3 is 10.1 Å². The van der Waals surface area contributed by atoms with Crippen LogP contribution in [0.4, 0.5) is 0 Å². The summed E-state index contributed by atoms with van der Waals surface area (Å²) in [5, 5.41) is 3.64. The zero-order chi connectivity index (χ0) is 16.1. The van der Waals surface area contributed by atoms with Gasteiger partial charge in [0.05, 0.1) is 6.61 Å². The molecule has 1 unspecified atom stereocenters. The Morgan fingerprint density at radius 3 is 2.38 bits per heavy atom. The van der Waals surface area contributed by atoms with Gasteiger partial charge in [-0.25, -0.2) is 0 Å². The van der Waals surface area contributed by atoms with E-state index < -0.39 is 0 Å². The third-order valence-corrected chi connectivity index (χ3v) is 4.65. The molecule has 0 bridgehead atoms. The lowest BCUT2D eigenvalue weighted by molar-refractivity contribution is 0.139. The standard InChI is InChI=1S/C18H30BrNO/c1-14(2)18(6,13-20-17(3,4)5)10-11-21-16-9-7-8-15(19)12-16/h7-9,12,14,20H,10-11,13H2,1-6H3. The lowest BCUT2D eigenvalue weighted by Gasteiger charge is -2.37. The van der Waals surface area contributed by atoms with Crippen LogP contribution in [0.1, 0.15) is 48.0 Å². The normalized spacial score (nSPS) is 15.0. The minimum Gasteiger partial charge on any atom is -0.494 e. The lowest BCUT2D eigenvalue weighted by atomic mass is 9.76. The van der Waals surface area contributed by atoms with Crippen molar-refractivity contribution < 1.29 is 4.74 Å². The minimum absolute atomic E-state index is 0.154. The molecule has 1 aromatic rings. The van der Waals surface area contributed by atoms with Crippen molar-refractivity contribution in [2.45, 2.75) is 53.5 Å². The smallest absolute Gasteiger partial charge is 0.120 e. The van der Waals surface area contributed by atoms with Crippen molar-refractivity contribution in [3.05, 3.63) is 28.7 Å². The van der Waals surface area contributed by atoms with E-state index >= 15 is 0 Å². The Labute approximate surface area is 138 Å². The summed E-state index contributed by atoms with van der Waals surface area (Å²) in [6.45, 7) is 15.3. The van der Waals surface area contributed by atoms with Crippen LogP contribution in [0.25, 0.3) is 0 Å². The summed E-state index contributed by atoms with van der Waals surface area (Å²) in [5.41, 5.74) is 0.389. The highest BCUT2D eigenvalue weighted by Gasteiger charge is 2.29. The predicted molar refractivity (Wildman–Crippen MR) is 95.0 cm³/mol. The topological polar surface area (TPSA) is 21.3 Å². The maximum atomic E-state index is 5.91. The first-order chi connectivity index (χ1) is 9.62. The van der Waals surface area contributed by atoms with E-state index in [4.69, 9.17) is 4.74 Å². The number of benzene rings is 1. The van der Waals surface area contributed by atoms with Gasteiger partial charge in [0.25, 0.3) is 0 Å². The van der Waals surface area contributed by atoms with Crippen LogP contribution >= 0.6 is 15.9 Å². The maximum absolute atomic E-state index is 5.91. The van der Waals surface area contributed by atoms with Crippen LogP contribution in [0.3, 0.4) is 0 Å². The molecule has 0 radical (unpaired) electrons. The van der Waals surface area contributed by atoms with Crippen LogP contribution in [-0.2, 0) is 0 Å². The van der Waals surface area contributed by atoms with Crippen LogP contribution < -0.4 is 10.1 Å². The predicted octanol–water partition coefficient (Wildman–Crippen LogP) is 5.27. The van der Waals surface area contributed by atoms with Gasteiger partial charge in [-0.1, -0.05) is 42.8 Å². The molecule has 21 heavy (non-hydrogen) atoms. The highest BCUT2D eigenvalue weighted by molar-refractivity contribution is 9.10. The molecule has 120 valence electrons. The van der Waals surface area contributed by atoms with Crippen LogP contribution in [0.5, 0.6) is 5.75 Å². The molecule has 1 rings (SSSR count). The number of hydrogen-bond acceptors (Lipinski definition) is 2. The summed E-state index contributed by atoms with van der Waals surface area (Å²) >= 11 is 3.47. The lowest BCUT2D eigenvalue weighted by Crippen LogP contribution is -2.45. The van der Waals surface area contributed by atoms with Crippen molar-refractivity contribution in [3.8, 4) is 5.75 Å². The van der Waals surface area contributed by atoms with Gasteiger partial charge in [-0.15, -0.1) is 0 Å². The number of rotatable bonds is 7. The van der Waals surface area contributed by atoms with E-state index in [1.807, 2.05) is 24.3 Å². The molecule has 0 amide bonds. The van der Waals surface area contributed by atoms with E-state index in [2.05, 4.69) is 62.8 Å². The fraction of sp³-hybridized carbons (Fsp3) is 0.667. The largest absolute Gasteiger partial charge is 0.494 e. The van der Waals surface area contributed by atoms with E-state index in [0.717, 1.165) is 29.8 Å². The van der Waals surface area contributed by atoms with E-state index in [9.17, 15) is 0 Å². The Bertz CT molecular complexity index is 439. The maximum Gasteiger partial charge on any atom is 0.120 e. The van der Waals surface area contributed by atoms with Gasteiger partial charge in [-0.2, -0.15) is 0 Å². The van der Waals surface area contributed by atoms with Crippen molar-refractivity contribution in [3.63, 3.8) is 0 Å². The molecule has 0 aliphatic rings. The fourth-order valence-electron chi connectivity index (χ4n) is 2.01. The first kappa shape index (κ1) is 18.5. The quantitative estimate of drug-likeness (QED) is 0.719. The molecule has 3 heteroatoms. The van der Waals surface area contributed by atoms with Gasteiger partial charge in [0.2, 0.25) is 0 Å². The molecular formula is C18H30BrNO. The molecule has 1 N–H and O–H groups in total. The summed E-state index contributed by atoms with van der Waals surface area (Å²) in [6, 6.07) is 8.03. The molecule has 0 saturated heterocycles. The van der Waals surface area contributed by atoms with E-state index in [0.29, 0.717) is 5.92 Å². The van der Waals surface area contributed by atoms with Crippen molar-refractivity contribution in [1.82, 2.24) is 5.32 Å². The van der Waals surface area contributed by atoms with Crippen molar-refractivity contribution in [2.24, 2.45) is 11.3 Å². The van der Waals surface area contributed by atoms with Crippen LogP contribution in [0.2, 0.25) is 0 Å². The Balaban J connectivity index is 2.54. The molecule has 0 aromatic heterocycles. The van der Waals surface area contributed by atoms with E-state index in [1.54, 1.807) is 0 Å². The number of ether oxygens (including phenoxy) is 1. The summed E-state index contributed by atoms with van der Waals surface area (Å²) in [7, 11) is 0. The molecule has 2 nitrogen and oxygen atoms in total. The van der Waals surface area contributed by atoms with Crippen molar-refractivity contribution in [1.29, 1.82) is 0 Å². The Morgan fingerprint density at radius 2 is 1.86 bits per heavy atom. The van der Waals surface area contributed by atoms with Gasteiger partial charge in [-0.3, -0.25) is 0 Å². The van der Waals surface area contributed by atoms with Gasteiger partial charge in [0, 0.05) is 16.6 Å². The Kier molecular flexibility index (Phi) is 6.73. The van der Waals surface area contributed by atoms with Crippen LogP contribution in [-0.4, -0.2) is 18.7 Å². The van der Waals surface area contributed by atoms with Gasteiger partial charge in [-0.05, 0) is 56.7 Å². The minimum atomic E-state index is 0.154. The Hall–Kier alpha value is -0.540. The number of halogens is 1. The zero-order valence-electron chi connectivity index (χ0n) is 14.3. The average molecular weight is 356 g/mol. The van der Waals surface area contributed by atoms with Crippen LogP contribution in [0.15, 0.2) is 28.7 Å². The highest BCUT2D eigenvalue weighted by Crippen LogP contribution is 2.31. The molecule has 0 aliphatic carbocycles. The molecule has 0 fully saturated rings. The number of hydrogen-bond donors (Lipinski definition) is 1. The van der Waals surface area contributed by atoms with Gasteiger partial charge in [0.1, 0.15) is 5.75 Å². The van der Waals surface area contributed by atoms with E-state index in [-0.39, 0.29) is 11.0 Å². The SMILES string of the molecule is CC(C)C(C)(CCOc1cccc(Br)c1)CNC(C)(C)C. The molecule has 0 aliphatic heterocycles. The molecule has 1 aromatic carbocycles. The van der Waals surface area contributed by atoms with Crippen molar-refractivity contribution >= 4 is 15.9 Å². The molecule has 1 atom stereocenters.